The fourth-order valence-corrected chi connectivity index (χ4v) is 1.98. The second kappa shape index (κ2) is 5.23. The molecule has 1 atom stereocenters. The lowest BCUT2D eigenvalue weighted by atomic mass is 10.1. The van der Waals surface area contributed by atoms with Crippen LogP contribution in [0.15, 0.2) is 30.3 Å². The minimum Gasteiger partial charge on any atom is -0.497 e. The van der Waals surface area contributed by atoms with E-state index >= 15 is 0 Å². The molecule has 2 rings (SSSR count). The Kier molecular flexibility index (Phi) is 3.67. The third-order valence-electron chi connectivity index (χ3n) is 2.93. The van der Waals surface area contributed by atoms with E-state index in [1.807, 2.05) is 48.9 Å². The van der Waals surface area contributed by atoms with Gasteiger partial charge in [0.05, 0.1) is 25.5 Å². The van der Waals surface area contributed by atoms with Crippen molar-refractivity contribution in [2.45, 2.75) is 26.5 Å². The molecule has 0 spiro atoms. The van der Waals surface area contributed by atoms with Crippen molar-refractivity contribution >= 4 is 0 Å². The van der Waals surface area contributed by atoms with E-state index in [0.29, 0.717) is 6.54 Å². The molecule has 1 N–H and O–H groups in total. The highest BCUT2D eigenvalue weighted by molar-refractivity contribution is 5.29. The number of hydrogen-bond donors (Lipinski definition) is 1. The number of aryl methyl sites for hydroxylation is 2. The monoisotopic (exact) mass is 246 g/mol. The predicted octanol–water partition coefficient (Wildman–Crippen LogP) is 2.24. The van der Waals surface area contributed by atoms with Crippen LogP contribution in [0.1, 0.15) is 23.1 Å². The summed E-state index contributed by atoms with van der Waals surface area (Å²) in [6.07, 6.45) is -0.585. The molecule has 0 saturated carbocycles. The predicted molar refractivity (Wildman–Crippen MR) is 69.7 cm³/mol. The number of ether oxygens (including phenoxy) is 1. The summed E-state index contributed by atoms with van der Waals surface area (Å²) in [5.74, 6) is 0.750. The molecule has 0 saturated heterocycles. The number of benzene rings is 1. The Morgan fingerprint density at radius 2 is 2.11 bits per heavy atom. The van der Waals surface area contributed by atoms with Crippen molar-refractivity contribution in [2.24, 2.45) is 0 Å². The first-order valence-corrected chi connectivity index (χ1v) is 5.93. The van der Waals surface area contributed by atoms with Gasteiger partial charge < -0.3 is 9.84 Å². The van der Waals surface area contributed by atoms with Gasteiger partial charge in [0.1, 0.15) is 5.75 Å². The Morgan fingerprint density at radius 1 is 1.33 bits per heavy atom. The van der Waals surface area contributed by atoms with E-state index in [-0.39, 0.29) is 0 Å². The standard InChI is InChI=1S/C14H18N2O2/c1-10-7-11(2)16(15-10)9-14(17)12-5-4-6-13(8-12)18-3/h4-8,14,17H,9H2,1-3H3. The van der Waals surface area contributed by atoms with E-state index < -0.39 is 6.10 Å². The highest BCUT2D eigenvalue weighted by Crippen LogP contribution is 2.20. The second-order valence-electron chi connectivity index (χ2n) is 4.40. The van der Waals surface area contributed by atoms with Gasteiger partial charge in [0.15, 0.2) is 0 Å². The number of aliphatic hydroxyl groups is 1. The first-order valence-electron chi connectivity index (χ1n) is 5.93. The van der Waals surface area contributed by atoms with Gasteiger partial charge in [-0.2, -0.15) is 5.10 Å². The summed E-state index contributed by atoms with van der Waals surface area (Å²) in [4.78, 5) is 0. The lowest BCUT2D eigenvalue weighted by Crippen LogP contribution is -2.11. The maximum absolute atomic E-state index is 10.2. The van der Waals surface area contributed by atoms with Crippen LogP contribution in [-0.2, 0) is 6.54 Å². The van der Waals surface area contributed by atoms with E-state index in [2.05, 4.69) is 5.10 Å². The largest absolute Gasteiger partial charge is 0.497 e. The molecule has 4 nitrogen and oxygen atoms in total. The van der Waals surface area contributed by atoms with Gasteiger partial charge in [-0.15, -0.1) is 0 Å². The SMILES string of the molecule is COc1cccc(C(O)Cn2nc(C)cc2C)c1. The van der Waals surface area contributed by atoms with Gasteiger partial charge in [0.25, 0.3) is 0 Å². The highest BCUT2D eigenvalue weighted by atomic mass is 16.5. The highest BCUT2D eigenvalue weighted by Gasteiger charge is 2.11. The zero-order valence-electron chi connectivity index (χ0n) is 10.9. The van der Waals surface area contributed by atoms with Crippen molar-refractivity contribution in [2.75, 3.05) is 7.11 Å². The van der Waals surface area contributed by atoms with Crippen LogP contribution in [0.2, 0.25) is 0 Å². The fraction of sp³-hybridized carbons (Fsp3) is 0.357. The summed E-state index contributed by atoms with van der Waals surface area (Å²) >= 11 is 0. The van der Waals surface area contributed by atoms with Crippen molar-refractivity contribution in [1.82, 2.24) is 9.78 Å². The molecular formula is C14H18N2O2. The molecule has 1 heterocycles. The molecule has 0 fully saturated rings. The van der Waals surface area contributed by atoms with Crippen LogP contribution in [0.25, 0.3) is 0 Å². The number of aliphatic hydroxyl groups excluding tert-OH is 1. The second-order valence-corrected chi connectivity index (χ2v) is 4.40. The minimum atomic E-state index is -0.585. The van der Waals surface area contributed by atoms with Crippen LogP contribution < -0.4 is 4.74 Å². The Balaban J connectivity index is 2.16. The topological polar surface area (TPSA) is 47.3 Å². The van der Waals surface area contributed by atoms with Crippen LogP contribution in [0.3, 0.4) is 0 Å². The Bertz CT molecular complexity index is 534. The zero-order chi connectivity index (χ0) is 13.1. The van der Waals surface area contributed by atoms with Crippen molar-refractivity contribution < 1.29 is 9.84 Å². The van der Waals surface area contributed by atoms with Crippen LogP contribution in [-0.4, -0.2) is 22.0 Å². The third-order valence-corrected chi connectivity index (χ3v) is 2.93. The molecule has 0 aliphatic carbocycles. The number of rotatable bonds is 4. The zero-order valence-corrected chi connectivity index (χ0v) is 10.9. The van der Waals surface area contributed by atoms with Gasteiger partial charge in [-0.25, -0.2) is 0 Å². The van der Waals surface area contributed by atoms with E-state index in [4.69, 9.17) is 4.74 Å². The molecule has 1 unspecified atom stereocenters. The van der Waals surface area contributed by atoms with Crippen molar-refractivity contribution in [3.63, 3.8) is 0 Å². The van der Waals surface area contributed by atoms with Crippen LogP contribution in [0.5, 0.6) is 5.75 Å². The molecule has 0 bridgehead atoms. The lowest BCUT2D eigenvalue weighted by Gasteiger charge is -2.13. The number of methoxy groups -OCH3 is 1. The van der Waals surface area contributed by atoms with E-state index in [1.165, 1.54) is 0 Å². The van der Waals surface area contributed by atoms with Crippen LogP contribution in [0, 0.1) is 13.8 Å². The molecule has 0 aliphatic heterocycles. The van der Waals surface area contributed by atoms with E-state index in [1.54, 1.807) is 7.11 Å². The maximum atomic E-state index is 10.2. The average Bonchev–Trinajstić information content (AvgIpc) is 2.68. The Hall–Kier alpha value is -1.81. The summed E-state index contributed by atoms with van der Waals surface area (Å²) in [7, 11) is 1.62. The normalized spacial score (nSPS) is 12.4. The summed E-state index contributed by atoms with van der Waals surface area (Å²) in [6.45, 7) is 4.38. The average molecular weight is 246 g/mol. The minimum absolute atomic E-state index is 0.451. The summed E-state index contributed by atoms with van der Waals surface area (Å²) in [5.41, 5.74) is 2.85. The Labute approximate surface area is 107 Å². The summed E-state index contributed by atoms with van der Waals surface area (Å²) < 4.78 is 6.97. The van der Waals surface area contributed by atoms with Gasteiger partial charge in [-0.05, 0) is 37.6 Å². The number of nitrogens with zero attached hydrogens (tertiary/aromatic N) is 2. The molecule has 0 radical (unpaired) electrons. The molecule has 0 amide bonds. The summed E-state index contributed by atoms with van der Waals surface area (Å²) in [6, 6.07) is 9.46. The van der Waals surface area contributed by atoms with E-state index in [0.717, 1.165) is 22.7 Å². The molecule has 4 heteroatoms. The van der Waals surface area contributed by atoms with Crippen LogP contribution in [0.4, 0.5) is 0 Å². The third kappa shape index (κ3) is 2.71. The first-order chi connectivity index (χ1) is 8.60. The fourth-order valence-electron chi connectivity index (χ4n) is 1.98. The van der Waals surface area contributed by atoms with Crippen molar-refractivity contribution in [3.8, 4) is 5.75 Å². The van der Waals surface area contributed by atoms with Gasteiger partial charge in [0, 0.05) is 5.69 Å². The molecular weight excluding hydrogens is 228 g/mol. The van der Waals surface area contributed by atoms with Gasteiger partial charge >= 0.3 is 0 Å². The molecule has 1 aromatic carbocycles. The molecule has 2 aromatic rings. The molecule has 18 heavy (non-hydrogen) atoms. The molecule has 1 aromatic heterocycles. The van der Waals surface area contributed by atoms with Crippen molar-refractivity contribution in [1.29, 1.82) is 0 Å². The van der Waals surface area contributed by atoms with Crippen molar-refractivity contribution in [3.05, 3.63) is 47.3 Å². The first kappa shape index (κ1) is 12.6. The van der Waals surface area contributed by atoms with Gasteiger partial charge in [-0.1, -0.05) is 12.1 Å². The van der Waals surface area contributed by atoms with Crippen LogP contribution >= 0.6 is 0 Å². The summed E-state index contributed by atoms with van der Waals surface area (Å²) in [5, 5.41) is 14.6. The maximum Gasteiger partial charge on any atom is 0.119 e. The lowest BCUT2D eigenvalue weighted by molar-refractivity contribution is 0.150. The van der Waals surface area contributed by atoms with Gasteiger partial charge in [-0.3, -0.25) is 4.68 Å². The Morgan fingerprint density at radius 3 is 2.72 bits per heavy atom. The van der Waals surface area contributed by atoms with E-state index in [9.17, 15) is 5.11 Å². The van der Waals surface area contributed by atoms with Gasteiger partial charge in [0.2, 0.25) is 0 Å². The molecule has 0 aliphatic rings. The quantitative estimate of drug-likeness (QED) is 0.900. The number of aromatic nitrogens is 2. The molecule has 96 valence electrons. The number of hydrogen-bond acceptors (Lipinski definition) is 3. The smallest absolute Gasteiger partial charge is 0.119 e.